The van der Waals surface area contributed by atoms with E-state index in [2.05, 4.69) is 15.3 Å². The van der Waals surface area contributed by atoms with Crippen molar-refractivity contribution in [2.75, 3.05) is 0 Å². The van der Waals surface area contributed by atoms with Crippen molar-refractivity contribution in [3.63, 3.8) is 0 Å². The maximum absolute atomic E-state index is 6.15. The maximum atomic E-state index is 6.15. The largest absolute Gasteiger partial charge is 0.235 e. The zero-order valence-corrected chi connectivity index (χ0v) is 12.6. The van der Waals surface area contributed by atoms with Crippen LogP contribution >= 0.6 is 46.1 Å². The number of fused-ring (bicyclic) bond motifs is 1. The van der Waals surface area contributed by atoms with Crippen molar-refractivity contribution in [3.8, 4) is 10.6 Å². The molecule has 0 saturated carbocycles. The lowest BCUT2D eigenvalue weighted by molar-refractivity contribution is 0.885. The molecule has 0 aliphatic heterocycles. The number of halogens is 3. The zero-order chi connectivity index (χ0) is 13.4. The summed E-state index contributed by atoms with van der Waals surface area (Å²) in [6.07, 6.45) is 0. The van der Waals surface area contributed by atoms with Crippen molar-refractivity contribution in [1.29, 1.82) is 0 Å². The highest BCUT2D eigenvalue weighted by Gasteiger charge is 2.13. The molecule has 0 aliphatic rings. The number of rotatable bonds is 3. The third kappa shape index (κ3) is 2.31. The Balaban J connectivity index is 2.08. The van der Waals surface area contributed by atoms with E-state index in [-0.39, 0.29) is 5.88 Å². The molecule has 0 fully saturated rings. The minimum atomic E-state index is 0.274. The van der Waals surface area contributed by atoms with Crippen LogP contribution in [-0.4, -0.2) is 19.8 Å². The second-order valence-electron chi connectivity index (χ2n) is 3.79. The summed E-state index contributed by atoms with van der Waals surface area (Å²) >= 11 is 19.1. The molecule has 2 aromatic heterocycles. The van der Waals surface area contributed by atoms with Gasteiger partial charge in [-0.3, -0.25) is 0 Å². The number of nitrogens with zero attached hydrogens (tertiary/aromatic N) is 4. The molecule has 0 amide bonds. The highest BCUT2D eigenvalue weighted by Crippen LogP contribution is 2.29. The fraction of sp³-hybridized carbons (Fsp3) is 0.182. The summed E-state index contributed by atoms with van der Waals surface area (Å²) in [7, 11) is 0. The van der Waals surface area contributed by atoms with Crippen molar-refractivity contribution in [3.05, 3.63) is 34.6 Å². The van der Waals surface area contributed by atoms with Crippen LogP contribution in [0.2, 0.25) is 5.02 Å². The second kappa shape index (κ2) is 5.25. The first-order valence-corrected chi connectivity index (χ1v) is 7.61. The van der Waals surface area contributed by atoms with Crippen molar-refractivity contribution in [2.45, 2.75) is 11.8 Å². The molecule has 0 atom stereocenters. The summed E-state index contributed by atoms with van der Waals surface area (Å²) in [5, 5.41) is 13.9. The number of hydrogen-bond acceptors (Lipinski definition) is 4. The first kappa shape index (κ1) is 13.1. The van der Waals surface area contributed by atoms with Crippen LogP contribution in [0.25, 0.3) is 15.5 Å². The van der Waals surface area contributed by atoms with Crippen LogP contribution < -0.4 is 0 Å². The first-order chi connectivity index (χ1) is 9.22. The smallest absolute Gasteiger partial charge is 0.186 e. The normalized spacial score (nSPS) is 11.3. The fourth-order valence-electron chi connectivity index (χ4n) is 1.65. The standard InChI is InChI=1S/C11H7Cl3N4S/c12-4-7-2-1-6(3-8(7)14)10-17-18-9(5-13)15-16-11(18)19-10/h1-3H,4-5H2. The lowest BCUT2D eigenvalue weighted by Gasteiger charge is -2.01. The third-order valence-corrected chi connectivity index (χ3v) is 4.45. The van der Waals surface area contributed by atoms with Gasteiger partial charge in [0.1, 0.15) is 5.01 Å². The number of benzene rings is 1. The molecule has 98 valence electrons. The van der Waals surface area contributed by atoms with Gasteiger partial charge < -0.3 is 0 Å². The van der Waals surface area contributed by atoms with Gasteiger partial charge in [0.25, 0.3) is 0 Å². The van der Waals surface area contributed by atoms with E-state index in [1.54, 1.807) is 4.52 Å². The summed E-state index contributed by atoms with van der Waals surface area (Å²) in [5.41, 5.74) is 1.83. The molecule has 0 aliphatic carbocycles. The molecule has 1 aromatic carbocycles. The number of alkyl halides is 2. The lowest BCUT2D eigenvalue weighted by atomic mass is 10.1. The van der Waals surface area contributed by atoms with Crippen LogP contribution in [0.15, 0.2) is 18.2 Å². The summed E-state index contributed by atoms with van der Waals surface area (Å²) in [4.78, 5) is 0.711. The summed E-state index contributed by atoms with van der Waals surface area (Å²) < 4.78 is 1.65. The molecule has 4 nitrogen and oxygen atoms in total. The van der Waals surface area contributed by atoms with Crippen LogP contribution in [0.3, 0.4) is 0 Å². The molecule has 19 heavy (non-hydrogen) atoms. The minimum absolute atomic E-state index is 0.274. The molecular formula is C11H7Cl3N4S. The predicted octanol–water partition coefficient (Wildman–Crippen LogP) is 3.98. The first-order valence-electron chi connectivity index (χ1n) is 5.34. The SMILES string of the molecule is ClCc1ccc(-c2nn3c(CCl)nnc3s2)cc1Cl. The van der Waals surface area contributed by atoms with Crippen LogP contribution in [-0.2, 0) is 11.8 Å². The fourth-order valence-corrected chi connectivity index (χ4v) is 3.22. The van der Waals surface area contributed by atoms with Crippen LogP contribution in [0.1, 0.15) is 11.4 Å². The average molecular weight is 334 g/mol. The van der Waals surface area contributed by atoms with Crippen LogP contribution in [0.4, 0.5) is 0 Å². The van der Waals surface area contributed by atoms with Gasteiger partial charge in [-0.2, -0.15) is 9.61 Å². The van der Waals surface area contributed by atoms with Gasteiger partial charge in [-0.15, -0.1) is 33.4 Å². The maximum Gasteiger partial charge on any atom is 0.235 e. The Morgan fingerprint density at radius 1 is 1.16 bits per heavy atom. The number of hydrogen-bond donors (Lipinski definition) is 0. The van der Waals surface area contributed by atoms with Crippen molar-refractivity contribution < 1.29 is 0 Å². The molecular weight excluding hydrogens is 327 g/mol. The van der Waals surface area contributed by atoms with Crippen molar-refractivity contribution in [2.24, 2.45) is 0 Å². The molecule has 0 N–H and O–H groups in total. The third-order valence-electron chi connectivity index (χ3n) is 2.62. The summed E-state index contributed by atoms with van der Waals surface area (Å²) in [6, 6.07) is 5.69. The van der Waals surface area contributed by atoms with Crippen LogP contribution in [0, 0.1) is 0 Å². The Hall–Kier alpha value is -0.880. The predicted molar refractivity (Wildman–Crippen MR) is 78.2 cm³/mol. The summed E-state index contributed by atoms with van der Waals surface area (Å²) in [6.45, 7) is 0. The minimum Gasteiger partial charge on any atom is -0.186 e. The van der Waals surface area contributed by atoms with E-state index in [1.807, 2.05) is 18.2 Å². The van der Waals surface area contributed by atoms with Gasteiger partial charge in [-0.1, -0.05) is 35.1 Å². The van der Waals surface area contributed by atoms with Gasteiger partial charge in [0.05, 0.1) is 5.88 Å². The summed E-state index contributed by atoms with van der Waals surface area (Å²) in [5.74, 6) is 1.29. The molecule has 3 aromatic rings. The van der Waals surface area contributed by atoms with Gasteiger partial charge >= 0.3 is 0 Å². The number of aromatic nitrogens is 4. The van der Waals surface area contributed by atoms with Crippen molar-refractivity contribution >= 4 is 51.1 Å². The Bertz CT molecular complexity index is 737. The molecule has 0 saturated heterocycles. The Kier molecular flexibility index (Phi) is 3.62. The molecule has 0 spiro atoms. The van der Waals surface area contributed by atoms with Gasteiger partial charge in [-0.25, -0.2) is 0 Å². The monoisotopic (exact) mass is 332 g/mol. The molecule has 8 heteroatoms. The van der Waals surface area contributed by atoms with Gasteiger partial charge in [0, 0.05) is 16.5 Å². The molecule has 0 unspecified atom stereocenters. The van der Waals surface area contributed by atoms with E-state index in [4.69, 9.17) is 34.8 Å². The highest BCUT2D eigenvalue weighted by molar-refractivity contribution is 7.19. The van der Waals surface area contributed by atoms with Gasteiger partial charge in [-0.05, 0) is 11.6 Å². The lowest BCUT2D eigenvalue weighted by Crippen LogP contribution is -1.92. The van der Waals surface area contributed by atoms with Gasteiger partial charge in [0.15, 0.2) is 5.82 Å². The molecule has 0 bridgehead atoms. The second-order valence-corrected chi connectivity index (χ2v) is 5.69. The van der Waals surface area contributed by atoms with E-state index in [0.29, 0.717) is 21.7 Å². The van der Waals surface area contributed by atoms with Crippen LogP contribution in [0.5, 0.6) is 0 Å². The van der Waals surface area contributed by atoms with E-state index in [1.165, 1.54) is 11.3 Å². The van der Waals surface area contributed by atoms with E-state index >= 15 is 0 Å². The van der Waals surface area contributed by atoms with E-state index in [0.717, 1.165) is 16.1 Å². The molecule has 3 rings (SSSR count). The Morgan fingerprint density at radius 2 is 2.00 bits per heavy atom. The van der Waals surface area contributed by atoms with Crippen molar-refractivity contribution in [1.82, 2.24) is 19.8 Å². The quantitative estimate of drug-likeness (QED) is 0.681. The topological polar surface area (TPSA) is 43.1 Å². The highest BCUT2D eigenvalue weighted by atomic mass is 35.5. The Morgan fingerprint density at radius 3 is 2.68 bits per heavy atom. The average Bonchev–Trinajstić information content (AvgIpc) is 2.98. The Labute approximate surface area is 127 Å². The van der Waals surface area contributed by atoms with E-state index < -0.39 is 0 Å². The zero-order valence-electron chi connectivity index (χ0n) is 9.48. The molecule has 2 heterocycles. The van der Waals surface area contributed by atoms with E-state index in [9.17, 15) is 0 Å². The van der Waals surface area contributed by atoms with Gasteiger partial charge in [0.2, 0.25) is 4.96 Å². The molecule has 0 radical (unpaired) electrons.